The second kappa shape index (κ2) is 6.77. The second-order valence-corrected chi connectivity index (χ2v) is 7.47. The van der Waals surface area contributed by atoms with Crippen LogP contribution in [0.25, 0.3) is 0 Å². The van der Waals surface area contributed by atoms with E-state index in [4.69, 9.17) is 4.74 Å². The van der Waals surface area contributed by atoms with Crippen molar-refractivity contribution < 1.29 is 13.2 Å². The average molecular weight is 312 g/mol. The first kappa shape index (κ1) is 16.3. The van der Waals surface area contributed by atoms with Gasteiger partial charge in [0.15, 0.2) is 0 Å². The minimum absolute atomic E-state index is 0.288. The Bertz CT molecular complexity index is 555. The molecule has 5 nitrogen and oxygen atoms in total. The van der Waals surface area contributed by atoms with Crippen molar-refractivity contribution in [1.82, 2.24) is 9.21 Å². The summed E-state index contributed by atoms with van der Waals surface area (Å²) in [5, 5.41) is 0. The topological polar surface area (TPSA) is 49.9 Å². The van der Waals surface area contributed by atoms with Gasteiger partial charge in [-0.25, -0.2) is 8.42 Å². The summed E-state index contributed by atoms with van der Waals surface area (Å²) in [6.45, 7) is 3.63. The van der Waals surface area contributed by atoms with E-state index in [0.29, 0.717) is 30.3 Å². The Labute approximate surface area is 127 Å². The lowest BCUT2D eigenvalue weighted by Gasteiger charge is -2.35. The summed E-state index contributed by atoms with van der Waals surface area (Å²) in [5.41, 5.74) is 0. The fraction of sp³-hybridized carbons (Fsp3) is 0.600. The molecular weight excluding hydrogens is 288 g/mol. The maximum atomic E-state index is 12.7. The van der Waals surface area contributed by atoms with Crippen LogP contribution in [0.15, 0.2) is 29.2 Å². The van der Waals surface area contributed by atoms with E-state index in [-0.39, 0.29) is 6.04 Å². The Kier molecular flexibility index (Phi) is 5.24. The number of sulfonamides is 1. The molecule has 21 heavy (non-hydrogen) atoms. The maximum Gasteiger partial charge on any atom is 0.243 e. The smallest absolute Gasteiger partial charge is 0.243 e. The van der Waals surface area contributed by atoms with Crippen LogP contribution in [-0.4, -0.2) is 57.5 Å². The van der Waals surface area contributed by atoms with E-state index in [0.717, 1.165) is 12.8 Å². The van der Waals surface area contributed by atoms with E-state index in [1.165, 1.54) is 0 Å². The van der Waals surface area contributed by atoms with Gasteiger partial charge < -0.3 is 9.64 Å². The monoisotopic (exact) mass is 312 g/mol. The van der Waals surface area contributed by atoms with Gasteiger partial charge in [0.05, 0.1) is 11.5 Å². The van der Waals surface area contributed by atoms with Crippen molar-refractivity contribution >= 4 is 10.0 Å². The van der Waals surface area contributed by atoms with Crippen LogP contribution in [-0.2, 0) is 10.0 Å². The Morgan fingerprint density at radius 3 is 2.52 bits per heavy atom. The molecule has 0 radical (unpaired) electrons. The van der Waals surface area contributed by atoms with E-state index in [9.17, 15) is 8.42 Å². The molecule has 0 bridgehead atoms. The third-order valence-corrected chi connectivity index (χ3v) is 5.74. The van der Waals surface area contributed by atoms with Crippen LogP contribution in [0.5, 0.6) is 5.75 Å². The van der Waals surface area contributed by atoms with Crippen LogP contribution in [0.4, 0.5) is 0 Å². The molecule has 1 aromatic carbocycles. The lowest BCUT2D eigenvalue weighted by atomic mass is 10.1. The summed E-state index contributed by atoms with van der Waals surface area (Å²) in [6, 6.07) is 6.96. The highest BCUT2D eigenvalue weighted by Gasteiger charge is 2.30. The Morgan fingerprint density at radius 1 is 1.29 bits per heavy atom. The van der Waals surface area contributed by atoms with Crippen molar-refractivity contribution in [3.8, 4) is 5.75 Å². The quantitative estimate of drug-likeness (QED) is 0.832. The molecule has 1 heterocycles. The first-order valence-corrected chi connectivity index (χ1v) is 8.78. The normalized spacial score (nSPS) is 20.7. The fourth-order valence-corrected chi connectivity index (χ4v) is 4.10. The van der Waals surface area contributed by atoms with Crippen molar-refractivity contribution in [2.24, 2.45) is 0 Å². The molecule has 0 unspecified atom stereocenters. The predicted molar refractivity (Wildman–Crippen MR) is 83.1 cm³/mol. The van der Waals surface area contributed by atoms with Crippen LogP contribution in [0.1, 0.15) is 19.8 Å². The Morgan fingerprint density at radius 2 is 1.95 bits per heavy atom. The standard InChI is InChI=1S/C15H24N2O3S/c1-4-20-14-7-9-15(10-8-14)21(18,19)17-11-5-6-13(12-17)16(2)3/h7-10,13H,4-6,11-12H2,1-3H3/t13-/m1/s1. The molecule has 0 spiro atoms. The molecule has 1 aliphatic rings. The fourth-order valence-electron chi connectivity index (χ4n) is 2.58. The van der Waals surface area contributed by atoms with Crippen molar-refractivity contribution in [1.29, 1.82) is 0 Å². The van der Waals surface area contributed by atoms with Gasteiger partial charge in [0.2, 0.25) is 10.0 Å². The summed E-state index contributed by atoms with van der Waals surface area (Å²) >= 11 is 0. The SMILES string of the molecule is CCOc1ccc(S(=O)(=O)N2CCC[C@@H](N(C)C)C2)cc1. The zero-order valence-electron chi connectivity index (χ0n) is 12.9. The van der Waals surface area contributed by atoms with Gasteiger partial charge in [-0.3, -0.25) is 0 Å². The van der Waals surface area contributed by atoms with Crippen LogP contribution < -0.4 is 4.74 Å². The summed E-state index contributed by atoms with van der Waals surface area (Å²) in [6.07, 6.45) is 1.95. The largest absolute Gasteiger partial charge is 0.494 e. The highest BCUT2D eigenvalue weighted by Crippen LogP contribution is 2.23. The molecule has 0 N–H and O–H groups in total. The van der Waals surface area contributed by atoms with Gasteiger partial charge in [0.25, 0.3) is 0 Å². The van der Waals surface area contributed by atoms with Gasteiger partial charge in [-0.2, -0.15) is 4.31 Å². The number of likely N-dealkylation sites (N-methyl/N-ethyl adjacent to an activating group) is 1. The highest BCUT2D eigenvalue weighted by atomic mass is 32.2. The van der Waals surface area contributed by atoms with Crippen molar-refractivity contribution in [3.05, 3.63) is 24.3 Å². The second-order valence-electron chi connectivity index (χ2n) is 5.53. The molecule has 0 aromatic heterocycles. The van der Waals surface area contributed by atoms with Gasteiger partial charge in [-0.05, 0) is 58.1 Å². The number of benzene rings is 1. The molecule has 0 amide bonds. The van der Waals surface area contributed by atoms with E-state index in [2.05, 4.69) is 4.90 Å². The minimum atomic E-state index is -3.41. The third kappa shape index (κ3) is 3.75. The molecular formula is C15H24N2O3S. The highest BCUT2D eigenvalue weighted by molar-refractivity contribution is 7.89. The summed E-state index contributed by atoms with van der Waals surface area (Å²) in [7, 11) is 0.586. The molecule has 2 rings (SSSR count). The number of hydrogen-bond donors (Lipinski definition) is 0. The van der Waals surface area contributed by atoms with Crippen LogP contribution in [0, 0.1) is 0 Å². The summed E-state index contributed by atoms with van der Waals surface area (Å²) in [4.78, 5) is 2.44. The van der Waals surface area contributed by atoms with Crippen molar-refractivity contribution in [2.45, 2.75) is 30.7 Å². The molecule has 0 saturated carbocycles. The molecule has 0 aliphatic carbocycles. The molecule has 1 saturated heterocycles. The average Bonchev–Trinajstić information content (AvgIpc) is 2.48. The van der Waals surface area contributed by atoms with E-state index in [1.54, 1.807) is 28.6 Å². The van der Waals surface area contributed by atoms with Crippen LogP contribution in [0.2, 0.25) is 0 Å². The number of piperidine rings is 1. The molecule has 1 atom stereocenters. The lowest BCUT2D eigenvalue weighted by Crippen LogP contribution is -2.47. The first-order valence-electron chi connectivity index (χ1n) is 7.34. The number of hydrogen-bond acceptors (Lipinski definition) is 4. The van der Waals surface area contributed by atoms with E-state index < -0.39 is 10.0 Å². The zero-order chi connectivity index (χ0) is 15.5. The number of nitrogens with zero attached hydrogens (tertiary/aromatic N) is 2. The van der Waals surface area contributed by atoms with E-state index >= 15 is 0 Å². The number of ether oxygens (including phenoxy) is 1. The zero-order valence-corrected chi connectivity index (χ0v) is 13.8. The van der Waals surface area contributed by atoms with Crippen molar-refractivity contribution in [2.75, 3.05) is 33.8 Å². The summed E-state index contributed by atoms with van der Waals surface area (Å²) in [5.74, 6) is 0.696. The number of rotatable bonds is 5. The molecule has 6 heteroatoms. The minimum Gasteiger partial charge on any atom is -0.494 e. The lowest BCUT2D eigenvalue weighted by molar-refractivity contribution is 0.190. The van der Waals surface area contributed by atoms with Gasteiger partial charge in [0.1, 0.15) is 5.75 Å². The molecule has 1 aliphatic heterocycles. The van der Waals surface area contributed by atoms with Gasteiger partial charge in [-0.15, -0.1) is 0 Å². The van der Waals surface area contributed by atoms with Gasteiger partial charge in [0, 0.05) is 19.1 Å². The molecule has 118 valence electrons. The van der Waals surface area contributed by atoms with E-state index in [1.807, 2.05) is 21.0 Å². The Balaban J connectivity index is 2.17. The van der Waals surface area contributed by atoms with Crippen LogP contribution >= 0.6 is 0 Å². The summed E-state index contributed by atoms with van der Waals surface area (Å²) < 4.78 is 32.3. The molecule has 1 fully saturated rings. The van der Waals surface area contributed by atoms with Crippen molar-refractivity contribution in [3.63, 3.8) is 0 Å². The third-order valence-electron chi connectivity index (χ3n) is 3.86. The van der Waals surface area contributed by atoms with Gasteiger partial charge >= 0.3 is 0 Å². The first-order chi connectivity index (χ1) is 9.95. The maximum absolute atomic E-state index is 12.7. The molecule has 1 aromatic rings. The van der Waals surface area contributed by atoms with Gasteiger partial charge in [-0.1, -0.05) is 0 Å². The van der Waals surface area contributed by atoms with Crippen LogP contribution in [0.3, 0.4) is 0 Å². The Hall–Kier alpha value is -1.11. The predicted octanol–water partition coefficient (Wildman–Crippen LogP) is 1.80.